The first-order valence-corrected chi connectivity index (χ1v) is 6.80. The molecule has 2 aromatic heterocycles. The number of hydrogen-bond donors (Lipinski definition) is 2. The SMILES string of the molecule is Cc1nccn1-c1ccc(CNC2=NCCCN2)cn1. The van der Waals surface area contributed by atoms with E-state index in [-0.39, 0.29) is 0 Å². The van der Waals surface area contributed by atoms with E-state index >= 15 is 0 Å². The van der Waals surface area contributed by atoms with Gasteiger partial charge in [-0.3, -0.25) is 9.56 Å². The van der Waals surface area contributed by atoms with Gasteiger partial charge >= 0.3 is 0 Å². The molecule has 2 aromatic rings. The molecule has 0 saturated heterocycles. The van der Waals surface area contributed by atoms with Crippen molar-refractivity contribution in [2.24, 2.45) is 4.99 Å². The second kappa shape index (κ2) is 5.73. The third-order valence-corrected chi connectivity index (χ3v) is 3.24. The van der Waals surface area contributed by atoms with Gasteiger partial charge in [0.05, 0.1) is 0 Å². The van der Waals surface area contributed by atoms with Gasteiger partial charge in [-0.05, 0) is 25.0 Å². The summed E-state index contributed by atoms with van der Waals surface area (Å²) in [6.45, 7) is 4.57. The molecule has 0 saturated carbocycles. The molecule has 0 radical (unpaired) electrons. The van der Waals surface area contributed by atoms with Gasteiger partial charge in [-0.15, -0.1) is 0 Å². The van der Waals surface area contributed by atoms with Crippen molar-refractivity contribution in [3.05, 3.63) is 42.1 Å². The zero-order valence-corrected chi connectivity index (χ0v) is 11.5. The van der Waals surface area contributed by atoms with E-state index < -0.39 is 0 Å². The summed E-state index contributed by atoms with van der Waals surface area (Å²) in [7, 11) is 0. The molecule has 0 atom stereocenters. The molecular weight excluding hydrogens is 252 g/mol. The van der Waals surface area contributed by atoms with Crippen molar-refractivity contribution in [3.8, 4) is 5.82 Å². The summed E-state index contributed by atoms with van der Waals surface area (Å²) in [4.78, 5) is 13.0. The van der Waals surface area contributed by atoms with Crippen LogP contribution >= 0.6 is 0 Å². The Morgan fingerprint density at radius 2 is 2.30 bits per heavy atom. The van der Waals surface area contributed by atoms with E-state index in [1.807, 2.05) is 30.0 Å². The van der Waals surface area contributed by atoms with Gasteiger partial charge in [-0.25, -0.2) is 9.97 Å². The third-order valence-electron chi connectivity index (χ3n) is 3.24. The Balaban J connectivity index is 1.64. The minimum absolute atomic E-state index is 0.724. The van der Waals surface area contributed by atoms with Gasteiger partial charge in [0, 0.05) is 38.2 Å². The van der Waals surface area contributed by atoms with Crippen LogP contribution < -0.4 is 10.6 Å². The van der Waals surface area contributed by atoms with E-state index in [1.54, 1.807) is 6.20 Å². The maximum atomic E-state index is 4.47. The van der Waals surface area contributed by atoms with Crippen LogP contribution in [0.2, 0.25) is 0 Å². The first kappa shape index (κ1) is 12.7. The number of rotatable bonds is 3. The number of nitrogens with one attached hydrogen (secondary N) is 2. The Kier molecular flexibility index (Phi) is 3.62. The minimum Gasteiger partial charge on any atom is -0.356 e. The van der Waals surface area contributed by atoms with Crippen LogP contribution in [0.3, 0.4) is 0 Å². The number of aliphatic imine (C=N–C) groups is 1. The van der Waals surface area contributed by atoms with Gasteiger partial charge in [0.2, 0.25) is 0 Å². The van der Waals surface area contributed by atoms with Crippen LogP contribution in [0.4, 0.5) is 0 Å². The molecule has 2 N–H and O–H groups in total. The average Bonchev–Trinajstić information content (AvgIpc) is 2.93. The van der Waals surface area contributed by atoms with Gasteiger partial charge in [-0.2, -0.15) is 0 Å². The number of nitrogens with zero attached hydrogens (tertiary/aromatic N) is 4. The second-order valence-electron chi connectivity index (χ2n) is 4.73. The van der Waals surface area contributed by atoms with Crippen LogP contribution in [-0.4, -0.2) is 33.6 Å². The Hall–Kier alpha value is -2.37. The molecule has 3 rings (SSSR count). The molecule has 0 spiro atoms. The highest BCUT2D eigenvalue weighted by atomic mass is 15.2. The fourth-order valence-corrected chi connectivity index (χ4v) is 2.12. The molecule has 0 aromatic carbocycles. The first-order valence-electron chi connectivity index (χ1n) is 6.80. The van der Waals surface area contributed by atoms with E-state index in [0.29, 0.717) is 0 Å². The van der Waals surface area contributed by atoms with Crippen LogP contribution in [-0.2, 0) is 6.54 Å². The highest BCUT2D eigenvalue weighted by Crippen LogP contribution is 2.08. The number of aryl methyl sites for hydroxylation is 1. The lowest BCUT2D eigenvalue weighted by Crippen LogP contribution is -2.40. The Morgan fingerprint density at radius 1 is 1.35 bits per heavy atom. The van der Waals surface area contributed by atoms with Crippen LogP contribution in [0.15, 0.2) is 35.7 Å². The molecule has 0 fully saturated rings. The van der Waals surface area contributed by atoms with Crippen molar-refractivity contribution in [1.82, 2.24) is 25.2 Å². The summed E-state index contributed by atoms with van der Waals surface area (Å²) in [5.41, 5.74) is 1.13. The molecule has 6 nitrogen and oxygen atoms in total. The largest absolute Gasteiger partial charge is 0.356 e. The quantitative estimate of drug-likeness (QED) is 0.873. The summed E-state index contributed by atoms with van der Waals surface area (Å²) in [6.07, 6.45) is 6.67. The van der Waals surface area contributed by atoms with Gasteiger partial charge in [-0.1, -0.05) is 6.07 Å². The van der Waals surface area contributed by atoms with Crippen LogP contribution in [0.5, 0.6) is 0 Å². The Morgan fingerprint density at radius 3 is 2.95 bits per heavy atom. The molecule has 0 unspecified atom stereocenters. The Labute approximate surface area is 118 Å². The first-order chi connectivity index (χ1) is 9.83. The number of guanidine groups is 1. The van der Waals surface area contributed by atoms with Gasteiger partial charge in [0.15, 0.2) is 5.96 Å². The number of aromatic nitrogens is 3. The van der Waals surface area contributed by atoms with Crippen molar-refractivity contribution in [3.63, 3.8) is 0 Å². The van der Waals surface area contributed by atoms with E-state index in [1.165, 1.54) is 0 Å². The third kappa shape index (κ3) is 2.79. The summed E-state index contributed by atoms with van der Waals surface area (Å²) >= 11 is 0. The topological polar surface area (TPSA) is 67.1 Å². The van der Waals surface area contributed by atoms with Crippen molar-refractivity contribution in [2.75, 3.05) is 13.1 Å². The van der Waals surface area contributed by atoms with Crippen LogP contribution in [0.25, 0.3) is 5.82 Å². The summed E-state index contributed by atoms with van der Waals surface area (Å²) in [5.74, 6) is 2.70. The van der Waals surface area contributed by atoms with E-state index in [9.17, 15) is 0 Å². The number of imidazole rings is 1. The fourth-order valence-electron chi connectivity index (χ4n) is 2.12. The second-order valence-corrected chi connectivity index (χ2v) is 4.73. The van der Waals surface area contributed by atoms with Gasteiger partial charge < -0.3 is 10.6 Å². The predicted molar refractivity (Wildman–Crippen MR) is 77.9 cm³/mol. The lowest BCUT2D eigenvalue weighted by Gasteiger charge is -2.16. The number of pyridine rings is 1. The molecule has 1 aliphatic rings. The molecule has 104 valence electrons. The smallest absolute Gasteiger partial charge is 0.191 e. The summed E-state index contributed by atoms with van der Waals surface area (Å²) < 4.78 is 1.96. The van der Waals surface area contributed by atoms with Gasteiger partial charge in [0.1, 0.15) is 11.6 Å². The molecule has 0 aliphatic carbocycles. The molecule has 0 bridgehead atoms. The zero-order chi connectivity index (χ0) is 13.8. The van der Waals surface area contributed by atoms with Crippen molar-refractivity contribution in [2.45, 2.75) is 19.9 Å². The predicted octanol–water partition coefficient (Wildman–Crippen LogP) is 1.01. The highest BCUT2D eigenvalue weighted by Gasteiger charge is 2.04. The van der Waals surface area contributed by atoms with Crippen molar-refractivity contribution < 1.29 is 0 Å². The van der Waals surface area contributed by atoms with Crippen molar-refractivity contribution >= 4 is 5.96 Å². The average molecular weight is 270 g/mol. The van der Waals surface area contributed by atoms with Crippen LogP contribution in [0.1, 0.15) is 17.8 Å². The lowest BCUT2D eigenvalue weighted by molar-refractivity contribution is 0.701. The zero-order valence-electron chi connectivity index (χ0n) is 11.5. The number of hydrogen-bond acceptors (Lipinski definition) is 5. The van der Waals surface area contributed by atoms with Gasteiger partial charge in [0.25, 0.3) is 0 Å². The van der Waals surface area contributed by atoms with Crippen LogP contribution in [0, 0.1) is 6.92 Å². The maximum absolute atomic E-state index is 4.47. The standard InChI is InChI=1S/C14H18N6/c1-11-15-7-8-20(11)13-4-3-12(9-18-13)10-19-14-16-5-2-6-17-14/h3-4,7-9H,2,5-6,10H2,1H3,(H2,16,17,19). The normalized spacial score (nSPS) is 14.6. The molecular formula is C14H18N6. The minimum atomic E-state index is 0.724. The lowest BCUT2D eigenvalue weighted by atomic mass is 10.3. The monoisotopic (exact) mass is 270 g/mol. The van der Waals surface area contributed by atoms with E-state index in [0.717, 1.165) is 49.2 Å². The van der Waals surface area contributed by atoms with E-state index in [2.05, 4.69) is 31.7 Å². The van der Waals surface area contributed by atoms with E-state index in [4.69, 9.17) is 0 Å². The molecule has 6 heteroatoms. The maximum Gasteiger partial charge on any atom is 0.191 e. The van der Waals surface area contributed by atoms with Crippen molar-refractivity contribution in [1.29, 1.82) is 0 Å². The highest BCUT2D eigenvalue weighted by molar-refractivity contribution is 5.80. The molecule has 3 heterocycles. The Bertz CT molecular complexity index is 598. The summed E-state index contributed by atoms with van der Waals surface area (Å²) in [6, 6.07) is 4.07. The summed E-state index contributed by atoms with van der Waals surface area (Å²) in [5, 5.41) is 6.52. The molecule has 1 aliphatic heterocycles. The molecule has 0 amide bonds. The fraction of sp³-hybridized carbons (Fsp3) is 0.357. The molecule has 20 heavy (non-hydrogen) atoms.